The van der Waals surface area contributed by atoms with Gasteiger partial charge in [0.25, 0.3) is 0 Å². The maximum atomic E-state index is 4.51. The van der Waals surface area contributed by atoms with Crippen LogP contribution in [0.1, 0.15) is 11.8 Å². The lowest BCUT2D eigenvalue weighted by atomic mass is 10.3. The zero-order chi connectivity index (χ0) is 13.4. The Morgan fingerprint density at radius 3 is 2.89 bits per heavy atom. The molecule has 0 spiro atoms. The van der Waals surface area contributed by atoms with Gasteiger partial charge in [-0.05, 0) is 28.4 Å². The predicted octanol–water partition coefficient (Wildman–Crippen LogP) is 3.24. The predicted molar refractivity (Wildman–Crippen MR) is 81.2 cm³/mol. The van der Waals surface area contributed by atoms with Crippen molar-refractivity contribution < 1.29 is 0 Å². The van der Waals surface area contributed by atoms with E-state index in [0.29, 0.717) is 5.95 Å². The van der Waals surface area contributed by atoms with E-state index in [0.717, 1.165) is 26.9 Å². The number of nitrogens with zero attached hydrogens (tertiary/aromatic N) is 4. The van der Waals surface area contributed by atoms with Crippen molar-refractivity contribution in [2.24, 2.45) is 0 Å². The molecule has 0 bridgehead atoms. The average molecular weight is 338 g/mol. The second-order valence-corrected chi connectivity index (χ2v) is 6.04. The van der Waals surface area contributed by atoms with Crippen molar-refractivity contribution in [1.29, 1.82) is 0 Å². The van der Waals surface area contributed by atoms with E-state index in [4.69, 9.17) is 0 Å². The molecule has 0 saturated carbocycles. The molecule has 0 unspecified atom stereocenters. The lowest BCUT2D eigenvalue weighted by Crippen LogP contribution is -2.03. The standard InChI is InChI=1S/C12H12BrN5S/c1-3-8-4-9-10(18-6-7(13)5-15-18)16-12(14-2)17-11(9)19-8/h4-6H,3H2,1-2H3,(H,14,16,17). The first-order valence-electron chi connectivity index (χ1n) is 5.90. The summed E-state index contributed by atoms with van der Waals surface area (Å²) >= 11 is 5.11. The highest BCUT2D eigenvalue weighted by Crippen LogP contribution is 2.29. The number of fused-ring (bicyclic) bond motifs is 1. The smallest absolute Gasteiger partial charge is 0.225 e. The Bertz CT molecular complexity index is 733. The van der Waals surface area contributed by atoms with Gasteiger partial charge in [0.15, 0.2) is 5.82 Å². The van der Waals surface area contributed by atoms with Gasteiger partial charge in [0.2, 0.25) is 5.95 Å². The molecule has 7 heteroatoms. The molecule has 3 aromatic rings. The second kappa shape index (κ2) is 4.90. The Labute approximate surface area is 122 Å². The molecule has 3 aromatic heterocycles. The highest BCUT2D eigenvalue weighted by atomic mass is 79.9. The molecule has 0 radical (unpaired) electrons. The van der Waals surface area contributed by atoms with Crippen LogP contribution in [0.2, 0.25) is 0 Å². The minimum atomic E-state index is 0.610. The summed E-state index contributed by atoms with van der Waals surface area (Å²) in [4.78, 5) is 11.3. The third kappa shape index (κ3) is 2.23. The number of halogens is 1. The summed E-state index contributed by atoms with van der Waals surface area (Å²) in [6, 6.07) is 2.14. The molecular formula is C12H12BrN5S. The van der Waals surface area contributed by atoms with E-state index in [1.807, 2.05) is 13.2 Å². The van der Waals surface area contributed by atoms with E-state index < -0.39 is 0 Å². The monoisotopic (exact) mass is 337 g/mol. The average Bonchev–Trinajstić information content (AvgIpc) is 3.02. The van der Waals surface area contributed by atoms with E-state index in [1.54, 1.807) is 22.2 Å². The molecule has 0 atom stereocenters. The number of aryl methyl sites for hydroxylation is 1. The van der Waals surface area contributed by atoms with Gasteiger partial charge in [0.1, 0.15) is 4.83 Å². The van der Waals surface area contributed by atoms with Crippen LogP contribution in [-0.4, -0.2) is 26.8 Å². The topological polar surface area (TPSA) is 55.6 Å². The van der Waals surface area contributed by atoms with Crippen LogP contribution >= 0.6 is 27.3 Å². The van der Waals surface area contributed by atoms with Gasteiger partial charge in [-0.3, -0.25) is 0 Å². The molecule has 0 aliphatic heterocycles. The van der Waals surface area contributed by atoms with Gasteiger partial charge in [-0.25, -0.2) is 9.67 Å². The number of hydrogen-bond donors (Lipinski definition) is 1. The van der Waals surface area contributed by atoms with Crippen molar-refractivity contribution in [2.75, 3.05) is 12.4 Å². The number of thiophene rings is 1. The summed E-state index contributed by atoms with van der Waals surface area (Å²) < 4.78 is 2.69. The number of anilines is 1. The molecule has 0 aromatic carbocycles. The minimum Gasteiger partial charge on any atom is -0.357 e. The third-order valence-electron chi connectivity index (χ3n) is 2.76. The molecule has 98 valence electrons. The Hall–Kier alpha value is -1.47. The summed E-state index contributed by atoms with van der Waals surface area (Å²) in [5, 5.41) is 8.34. The van der Waals surface area contributed by atoms with Gasteiger partial charge < -0.3 is 5.32 Å². The zero-order valence-electron chi connectivity index (χ0n) is 10.5. The summed E-state index contributed by atoms with van der Waals surface area (Å²) in [6.07, 6.45) is 4.64. The van der Waals surface area contributed by atoms with E-state index >= 15 is 0 Å². The lowest BCUT2D eigenvalue weighted by Gasteiger charge is -2.04. The molecular weight excluding hydrogens is 326 g/mol. The molecule has 0 aliphatic rings. The summed E-state index contributed by atoms with van der Waals surface area (Å²) in [6.45, 7) is 2.14. The number of hydrogen-bond acceptors (Lipinski definition) is 5. The second-order valence-electron chi connectivity index (χ2n) is 4.01. The van der Waals surface area contributed by atoms with E-state index in [9.17, 15) is 0 Å². The zero-order valence-corrected chi connectivity index (χ0v) is 12.9. The van der Waals surface area contributed by atoms with Crippen LogP contribution in [0.3, 0.4) is 0 Å². The van der Waals surface area contributed by atoms with Crippen molar-refractivity contribution in [3.63, 3.8) is 0 Å². The van der Waals surface area contributed by atoms with Crippen molar-refractivity contribution in [3.8, 4) is 5.82 Å². The molecule has 0 fully saturated rings. The SMILES string of the molecule is CCc1cc2c(-n3cc(Br)cn3)nc(NC)nc2s1. The van der Waals surface area contributed by atoms with Crippen LogP contribution in [0.25, 0.3) is 16.0 Å². The van der Waals surface area contributed by atoms with Crippen LogP contribution in [0.15, 0.2) is 22.9 Å². The first kappa shape index (κ1) is 12.6. The highest BCUT2D eigenvalue weighted by Gasteiger charge is 2.13. The third-order valence-corrected chi connectivity index (χ3v) is 4.35. The summed E-state index contributed by atoms with van der Waals surface area (Å²) in [5.41, 5.74) is 0. The minimum absolute atomic E-state index is 0.610. The van der Waals surface area contributed by atoms with Gasteiger partial charge in [-0.1, -0.05) is 6.92 Å². The van der Waals surface area contributed by atoms with E-state index in [2.05, 4.69) is 49.3 Å². The van der Waals surface area contributed by atoms with E-state index in [1.165, 1.54) is 4.88 Å². The van der Waals surface area contributed by atoms with Crippen molar-refractivity contribution in [1.82, 2.24) is 19.7 Å². The number of rotatable bonds is 3. The molecule has 19 heavy (non-hydrogen) atoms. The Balaban J connectivity index is 2.28. The Kier molecular flexibility index (Phi) is 3.24. The Morgan fingerprint density at radius 2 is 2.26 bits per heavy atom. The molecule has 0 saturated heterocycles. The van der Waals surface area contributed by atoms with Crippen LogP contribution in [0.4, 0.5) is 5.95 Å². The molecule has 5 nitrogen and oxygen atoms in total. The van der Waals surface area contributed by atoms with Gasteiger partial charge in [-0.2, -0.15) is 10.1 Å². The van der Waals surface area contributed by atoms with Crippen LogP contribution in [0, 0.1) is 0 Å². The fourth-order valence-electron chi connectivity index (χ4n) is 1.83. The van der Waals surface area contributed by atoms with Crippen molar-refractivity contribution in [2.45, 2.75) is 13.3 Å². The van der Waals surface area contributed by atoms with Crippen molar-refractivity contribution >= 4 is 43.4 Å². The molecule has 3 rings (SSSR count). The fourth-order valence-corrected chi connectivity index (χ4v) is 3.08. The van der Waals surface area contributed by atoms with Gasteiger partial charge >= 0.3 is 0 Å². The number of nitrogens with one attached hydrogen (secondary N) is 1. The number of aromatic nitrogens is 4. The summed E-state index contributed by atoms with van der Waals surface area (Å²) in [7, 11) is 1.82. The quantitative estimate of drug-likeness (QED) is 0.797. The fraction of sp³-hybridized carbons (Fsp3) is 0.250. The first-order chi connectivity index (χ1) is 9.21. The lowest BCUT2D eigenvalue weighted by molar-refractivity contribution is 0.853. The maximum absolute atomic E-state index is 4.51. The van der Waals surface area contributed by atoms with E-state index in [-0.39, 0.29) is 0 Å². The largest absolute Gasteiger partial charge is 0.357 e. The van der Waals surface area contributed by atoms with Gasteiger partial charge in [0.05, 0.1) is 16.1 Å². The molecule has 0 amide bonds. The molecule has 1 N–H and O–H groups in total. The Morgan fingerprint density at radius 1 is 1.42 bits per heavy atom. The highest BCUT2D eigenvalue weighted by molar-refractivity contribution is 9.10. The molecule has 3 heterocycles. The normalized spacial score (nSPS) is 11.1. The summed E-state index contributed by atoms with van der Waals surface area (Å²) in [5.74, 6) is 1.41. The van der Waals surface area contributed by atoms with Crippen LogP contribution < -0.4 is 5.32 Å². The van der Waals surface area contributed by atoms with Crippen LogP contribution in [-0.2, 0) is 6.42 Å². The maximum Gasteiger partial charge on any atom is 0.225 e. The van der Waals surface area contributed by atoms with Gasteiger partial charge in [0, 0.05) is 18.1 Å². The first-order valence-corrected chi connectivity index (χ1v) is 7.51. The van der Waals surface area contributed by atoms with Gasteiger partial charge in [-0.15, -0.1) is 11.3 Å². The molecule has 0 aliphatic carbocycles. The van der Waals surface area contributed by atoms with Crippen molar-refractivity contribution in [3.05, 3.63) is 27.8 Å². The van der Waals surface area contributed by atoms with Crippen LogP contribution in [0.5, 0.6) is 0 Å².